The van der Waals surface area contributed by atoms with Gasteiger partial charge in [-0.05, 0) is 0 Å². The molecule has 0 amide bonds. The molecule has 0 fully saturated rings. The minimum absolute atomic E-state index is 0.744. The molecule has 0 radical (unpaired) electrons. The van der Waals surface area contributed by atoms with Gasteiger partial charge in [-0.1, -0.05) is 0 Å². The monoisotopic (exact) mass is 218 g/mol. The predicted molar refractivity (Wildman–Crippen MR) is 36.4 cm³/mol. The second kappa shape index (κ2) is 5.22. The van der Waals surface area contributed by atoms with Gasteiger partial charge in [0.15, 0.2) is 0 Å². The van der Waals surface area contributed by atoms with Gasteiger partial charge in [0.25, 0.3) is 0 Å². The second-order valence-electron chi connectivity index (χ2n) is 1.52. The Kier molecular flexibility index (Phi) is 5.27. The summed E-state index contributed by atoms with van der Waals surface area (Å²) in [4.78, 5) is 0. The fourth-order valence-electron chi connectivity index (χ4n) is 0.405. The standard InChI is InChI=1S/2C3H5.O.Sn/c2*1-3-2;;/h2*3H,1-2H2;;. The Bertz CT molecular complexity index is 95.1. The second-order valence-corrected chi connectivity index (χ2v) is 6.93. The molecular formula is C6H10OSn. The first-order valence-corrected chi connectivity index (χ1v) is 7.75. The molecule has 44 valence electrons. The molecule has 1 nitrogen and oxygen atoms in total. The third-order valence-electron chi connectivity index (χ3n) is 0.744. The van der Waals surface area contributed by atoms with Crippen LogP contribution in [-0.4, -0.2) is 19.7 Å². The summed E-state index contributed by atoms with van der Waals surface area (Å²) in [5.74, 6) is 0. The molecule has 0 saturated heterocycles. The van der Waals surface area contributed by atoms with E-state index in [1.54, 1.807) is 12.2 Å². The van der Waals surface area contributed by atoms with E-state index >= 15 is 0 Å². The predicted octanol–water partition coefficient (Wildman–Crippen LogP) is 1.78. The zero-order chi connectivity index (χ0) is 6.41. The van der Waals surface area contributed by atoms with Gasteiger partial charge in [0.05, 0.1) is 0 Å². The molecule has 0 heterocycles. The van der Waals surface area contributed by atoms with Crippen molar-refractivity contribution in [3.8, 4) is 0 Å². The van der Waals surface area contributed by atoms with Crippen molar-refractivity contribution in [1.82, 2.24) is 0 Å². The molecule has 0 rings (SSSR count). The van der Waals surface area contributed by atoms with Crippen LogP contribution in [0.5, 0.6) is 0 Å². The number of hydrogen-bond acceptors (Lipinski definition) is 1. The number of rotatable bonds is 4. The minimum atomic E-state index is -2.17. The van der Waals surface area contributed by atoms with Crippen molar-refractivity contribution in [1.29, 1.82) is 0 Å². The summed E-state index contributed by atoms with van der Waals surface area (Å²) < 4.78 is 12.3. The molecule has 0 saturated carbocycles. The van der Waals surface area contributed by atoms with Crippen LogP contribution in [-0.2, 0) is 3.08 Å². The van der Waals surface area contributed by atoms with E-state index in [2.05, 4.69) is 13.2 Å². The SMILES string of the molecule is C=C[CH2][Sn](=[O])[CH2]C=C. The van der Waals surface area contributed by atoms with Crippen LogP contribution in [0.25, 0.3) is 0 Å². The third-order valence-corrected chi connectivity index (χ3v) is 4.99. The molecule has 0 N–H and O–H groups in total. The summed E-state index contributed by atoms with van der Waals surface area (Å²) in [7, 11) is 0. The number of allylic oxidation sites excluding steroid dienone is 2. The van der Waals surface area contributed by atoms with Crippen LogP contribution in [0.15, 0.2) is 25.3 Å². The van der Waals surface area contributed by atoms with E-state index in [1.165, 1.54) is 0 Å². The summed E-state index contributed by atoms with van der Waals surface area (Å²) in [6, 6.07) is 0. The average molecular weight is 217 g/mol. The van der Waals surface area contributed by atoms with E-state index in [0.29, 0.717) is 0 Å². The van der Waals surface area contributed by atoms with Crippen LogP contribution in [0, 0.1) is 0 Å². The summed E-state index contributed by atoms with van der Waals surface area (Å²) >= 11 is -2.17. The fraction of sp³-hybridized carbons (Fsp3) is 0.333. The Morgan fingerprint density at radius 1 is 1.25 bits per heavy atom. The van der Waals surface area contributed by atoms with Gasteiger partial charge in [-0.3, -0.25) is 0 Å². The van der Waals surface area contributed by atoms with Crippen molar-refractivity contribution in [2.45, 2.75) is 8.87 Å². The molecule has 0 aliphatic rings. The van der Waals surface area contributed by atoms with E-state index in [0.717, 1.165) is 8.87 Å². The van der Waals surface area contributed by atoms with Crippen molar-refractivity contribution >= 4 is 19.7 Å². The Morgan fingerprint density at radius 2 is 1.62 bits per heavy atom. The first-order chi connectivity index (χ1) is 3.81. The van der Waals surface area contributed by atoms with Crippen LogP contribution in [0.1, 0.15) is 0 Å². The molecule has 0 aromatic carbocycles. The zero-order valence-corrected chi connectivity index (χ0v) is 7.75. The van der Waals surface area contributed by atoms with Crippen molar-refractivity contribution in [3.63, 3.8) is 0 Å². The number of hydrogen-bond donors (Lipinski definition) is 0. The summed E-state index contributed by atoms with van der Waals surface area (Å²) in [5, 5.41) is 0. The van der Waals surface area contributed by atoms with Crippen LogP contribution < -0.4 is 0 Å². The fourth-order valence-corrected chi connectivity index (χ4v) is 2.72. The molecule has 0 aromatic heterocycles. The van der Waals surface area contributed by atoms with Crippen LogP contribution >= 0.6 is 0 Å². The van der Waals surface area contributed by atoms with Crippen LogP contribution in [0.3, 0.4) is 0 Å². The molecule has 0 atom stereocenters. The van der Waals surface area contributed by atoms with Gasteiger partial charge >= 0.3 is 57.0 Å². The summed E-state index contributed by atoms with van der Waals surface area (Å²) in [6.45, 7) is 7.00. The summed E-state index contributed by atoms with van der Waals surface area (Å²) in [5.41, 5.74) is 0. The van der Waals surface area contributed by atoms with Crippen LogP contribution in [0.2, 0.25) is 8.87 Å². The first-order valence-electron chi connectivity index (χ1n) is 2.54. The molecule has 0 aliphatic carbocycles. The quantitative estimate of drug-likeness (QED) is 0.518. The molecule has 8 heavy (non-hydrogen) atoms. The van der Waals surface area contributed by atoms with Crippen molar-refractivity contribution in [2.75, 3.05) is 0 Å². The van der Waals surface area contributed by atoms with Crippen molar-refractivity contribution < 1.29 is 3.08 Å². The molecule has 0 unspecified atom stereocenters. The molecule has 0 spiro atoms. The van der Waals surface area contributed by atoms with E-state index in [9.17, 15) is 3.08 Å². The Balaban J connectivity index is 3.32. The summed E-state index contributed by atoms with van der Waals surface area (Å²) in [6.07, 6.45) is 3.45. The molecule has 2 heteroatoms. The maximum atomic E-state index is 10.8. The maximum absolute atomic E-state index is 10.8. The van der Waals surface area contributed by atoms with Gasteiger partial charge in [0.1, 0.15) is 0 Å². The van der Waals surface area contributed by atoms with Crippen molar-refractivity contribution in [3.05, 3.63) is 25.3 Å². The molecule has 0 aromatic rings. The van der Waals surface area contributed by atoms with Crippen molar-refractivity contribution in [2.24, 2.45) is 0 Å². The topological polar surface area (TPSA) is 17.1 Å². The Morgan fingerprint density at radius 3 is 1.88 bits per heavy atom. The van der Waals surface area contributed by atoms with Gasteiger partial charge < -0.3 is 0 Å². The third kappa shape index (κ3) is 4.24. The normalized spacial score (nSPS) is 8.00. The Labute approximate surface area is 57.2 Å². The van der Waals surface area contributed by atoms with Gasteiger partial charge in [-0.15, -0.1) is 0 Å². The Hall–Kier alpha value is 0.0787. The van der Waals surface area contributed by atoms with E-state index < -0.39 is 19.7 Å². The van der Waals surface area contributed by atoms with E-state index in [1.807, 2.05) is 0 Å². The van der Waals surface area contributed by atoms with Gasteiger partial charge in [0, 0.05) is 0 Å². The molecule has 0 aliphatic heterocycles. The first kappa shape index (κ1) is 8.08. The van der Waals surface area contributed by atoms with E-state index in [-0.39, 0.29) is 0 Å². The zero-order valence-electron chi connectivity index (χ0n) is 4.89. The van der Waals surface area contributed by atoms with Gasteiger partial charge in [-0.2, -0.15) is 0 Å². The molecule has 0 bridgehead atoms. The molecular weight excluding hydrogens is 207 g/mol. The van der Waals surface area contributed by atoms with E-state index in [4.69, 9.17) is 0 Å². The average Bonchev–Trinajstić information content (AvgIpc) is 1.68. The van der Waals surface area contributed by atoms with Crippen LogP contribution in [0.4, 0.5) is 0 Å². The van der Waals surface area contributed by atoms with Gasteiger partial charge in [-0.25, -0.2) is 0 Å². The van der Waals surface area contributed by atoms with Gasteiger partial charge in [0.2, 0.25) is 0 Å².